The number of fused-ring (bicyclic) bond motifs is 2. The number of piperidine rings is 1. The normalized spacial score (nSPS) is 20.0. The summed E-state index contributed by atoms with van der Waals surface area (Å²) in [6.45, 7) is 0.815. The molecule has 5 rings (SSSR count). The quantitative estimate of drug-likeness (QED) is 0.566. The molecule has 1 saturated heterocycles. The molecule has 1 heterocycles. The van der Waals surface area contributed by atoms with Gasteiger partial charge in [-0.1, -0.05) is 37.1 Å². The van der Waals surface area contributed by atoms with Crippen molar-refractivity contribution >= 4 is 28.3 Å². The molecule has 1 aliphatic heterocycles. The number of carbonyl (C=O) groups excluding carboxylic acids is 2. The molecular formula is C28H27N3O2. The highest BCUT2D eigenvalue weighted by Crippen LogP contribution is 2.36. The molecule has 0 bridgehead atoms. The van der Waals surface area contributed by atoms with Gasteiger partial charge in [0.25, 0.3) is 11.8 Å². The summed E-state index contributed by atoms with van der Waals surface area (Å²) >= 11 is 0. The molecule has 1 N–H and O–H groups in total. The van der Waals surface area contributed by atoms with Crippen LogP contribution in [0.25, 0.3) is 10.8 Å². The zero-order valence-corrected chi connectivity index (χ0v) is 18.6. The van der Waals surface area contributed by atoms with Crippen molar-refractivity contribution in [2.45, 2.75) is 44.6 Å². The number of hydrogen-bond acceptors (Lipinski definition) is 3. The van der Waals surface area contributed by atoms with Gasteiger partial charge in [-0.15, -0.1) is 0 Å². The van der Waals surface area contributed by atoms with Crippen LogP contribution in [0.4, 0.5) is 5.69 Å². The Kier molecular flexibility index (Phi) is 5.83. The lowest BCUT2D eigenvalue weighted by Gasteiger charge is -2.44. The van der Waals surface area contributed by atoms with Gasteiger partial charge in [0, 0.05) is 29.4 Å². The third kappa shape index (κ3) is 4.09. The van der Waals surface area contributed by atoms with Crippen LogP contribution in [-0.2, 0) is 0 Å². The van der Waals surface area contributed by atoms with E-state index in [9.17, 15) is 9.59 Å². The molecule has 0 radical (unpaired) electrons. The topological polar surface area (TPSA) is 73.2 Å². The van der Waals surface area contributed by atoms with Crippen LogP contribution in [0.15, 0.2) is 60.7 Å². The fourth-order valence-corrected chi connectivity index (χ4v) is 5.54. The molecule has 2 fully saturated rings. The number of amides is 2. The Bertz CT molecular complexity index is 1240. The number of rotatable bonds is 3. The Labute approximate surface area is 194 Å². The van der Waals surface area contributed by atoms with Crippen LogP contribution in [0.1, 0.15) is 64.8 Å². The predicted molar refractivity (Wildman–Crippen MR) is 129 cm³/mol. The Balaban J connectivity index is 1.46. The molecule has 3 aromatic rings. The lowest BCUT2D eigenvalue weighted by Crippen LogP contribution is -2.49. The molecule has 1 saturated carbocycles. The summed E-state index contributed by atoms with van der Waals surface area (Å²) in [4.78, 5) is 28.9. The van der Waals surface area contributed by atoms with E-state index >= 15 is 0 Å². The number of nitrogens with one attached hydrogen (secondary N) is 1. The number of carbonyl (C=O) groups is 2. The summed E-state index contributed by atoms with van der Waals surface area (Å²) in [6.07, 6.45) is 7.08. The lowest BCUT2D eigenvalue weighted by molar-refractivity contribution is 0.0392. The Morgan fingerprint density at radius 3 is 2.27 bits per heavy atom. The predicted octanol–water partition coefficient (Wildman–Crippen LogP) is 5.76. The summed E-state index contributed by atoms with van der Waals surface area (Å²) in [5.41, 5.74) is 2.37. The third-order valence-electron chi connectivity index (χ3n) is 7.18. The molecule has 5 heteroatoms. The molecule has 5 nitrogen and oxygen atoms in total. The summed E-state index contributed by atoms with van der Waals surface area (Å²) in [5.74, 6) is 0.474. The molecule has 33 heavy (non-hydrogen) atoms. The van der Waals surface area contributed by atoms with Gasteiger partial charge in [0.05, 0.1) is 11.6 Å². The van der Waals surface area contributed by atoms with Crippen molar-refractivity contribution in [3.63, 3.8) is 0 Å². The van der Waals surface area contributed by atoms with Gasteiger partial charge in [-0.25, -0.2) is 0 Å². The molecule has 1 aliphatic carbocycles. The Hall–Kier alpha value is -3.65. The molecule has 2 aliphatic rings. The van der Waals surface area contributed by atoms with E-state index in [1.165, 1.54) is 25.7 Å². The fraction of sp³-hybridized carbons (Fsp3) is 0.321. The maximum Gasteiger partial charge on any atom is 0.256 e. The molecule has 0 aromatic heterocycles. The van der Waals surface area contributed by atoms with Crippen LogP contribution in [-0.4, -0.2) is 29.3 Å². The minimum absolute atomic E-state index is 0.0850. The standard InChI is InChI=1S/C28H27N3O2/c29-18-19-11-13-21(14-12-19)30-27(32)24-15-16-25(23-9-3-2-8-22(23)24)28(33)31-17-5-7-20-6-1-4-10-26(20)31/h2-3,8-9,11-16,20,26H,1,4-7,10,17H2,(H,30,32)/t20-,26-/m0/s1. The minimum Gasteiger partial charge on any atom is -0.335 e. The van der Waals surface area contributed by atoms with Gasteiger partial charge in [0.1, 0.15) is 0 Å². The van der Waals surface area contributed by atoms with Gasteiger partial charge < -0.3 is 10.2 Å². The van der Waals surface area contributed by atoms with Crippen LogP contribution >= 0.6 is 0 Å². The number of hydrogen-bond donors (Lipinski definition) is 1. The molecule has 2 amide bonds. The number of nitriles is 1. The average Bonchev–Trinajstić information content (AvgIpc) is 2.87. The highest BCUT2D eigenvalue weighted by molar-refractivity contribution is 6.17. The van der Waals surface area contributed by atoms with Crippen LogP contribution in [0, 0.1) is 17.2 Å². The van der Waals surface area contributed by atoms with Crippen LogP contribution in [0.2, 0.25) is 0 Å². The van der Waals surface area contributed by atoms with E-state index in [2.05, 4.69) is 16.3 Å². The third-order valence-corrected chi connectivity index (χ3v) is 7.18. The summed E-state index contributed by atoms with van der Waals surface area (Å²) in [6, 6.07) is 20.4. The SMILES string of the molecule is N#Cc1ccc(NC(=O)c2ccc(C(=O)N3CCC[C@@H]4CCCC[C@@H]43)c3ccccc23)cc1. The van der Waals surface area contributed by atoms with Crippen LogP contribution in [0.3, 0.4) is 0 Å². The van der Waals surface area contributed by atoms with Crippen molar-refractivity contribution in [2.75, 3.05) is 11.9 Å². The molecule has 3 aromatic carbocycles. The second kappa shape index (κ2) is 9.07. The fourth-order valence-electron chi connectivity index (χ4n) is 5.54. The van der Waals surface area contributed by atoms with E-state index in [0.29, 0.717) is 34.3 Å². The highest BCUT2D eigenvalue weighted by atomic mass is 16.2. The largest absolute Gasteiger partial charge is 0.335 e. The minimum atomic E-state index is -0.236. The summed E-state index contributed by atoms with van der Waals surface area (Å²) in [5, 5.41) is 13.5. The summed E-state index contributed by atoms with van der Waals surface area (Å²) < 4.78 is 0. The average molecular weight is 438 g/mol. The van der Waals surface area contributed by atoms with Gasteiger partial charge in [0.15, 0.2) is 0 Å². The van der Waals surface area contributed by atoms with E-state index in [1.54, 1.807) is 30.3 Å². The van der Waals surface area contributed by atoms with Crippen molar-refractivity contribution < 1.29 is 9.59 Å². The van der Waals surface area contributed by atoms with Crippen molar-refractivity contribution in [3.8, 4) is 6.07 Å². The van der Waals surface area contributed by atoms with Crippen molar-refractivity contribution in [2.24, 2.45) is 5.92 Å². The summed E-state index contributed by atoms with van der Waals surface area (Å²) in [7, 11) is 0. The van der Waals surface area contributed by atoms with Crippen molar-refractivity contribution in [1.29, 1.82) is 5.26 Å². The van der Waals surface area contributed by atoms with Gasteiger partial charge in [-0.3, -0.25) is 9.59 Å². The van der Waals surface area contributed by atoms with Gasteiger partial charge >= 0.3 is 0 Å². The van der Waals surface area contributed by atoms with Gasteiger partial charge in [0.2, 0.25) is 0 Å². The maximum absolute atomic E-state index is 13.7. The second-order valence-electron chi connectivity index (χ2n) is 9.10. The number of nitrogens with zero attached hydrogens (tertiary/aromatic N) is 2. The molecule has 2 atom stereocenters. The molecule has 0 unspecified atom stereocenters. The van der Waals surface area contributed by atoms with Gasteiger partial charge in [-0.2, -0.15) is 5.26 Å². The maximum atomic E-state index is 13.7. The second-order valence-corrected chi connectivity index (χ2v) is 9.10. The number of anilines is 1. The Morgan fingerprint density at radius 2 is 1.52 bits per heavy atom. The van der Waals surface area contributed by atoms with Crippen molar-refractivity contribution in [1.82, 2.24) is 4.90 Å². The molecule has 0 spiro atoms. The monoisotopic (exact) mass is 437 g/mol. The van der Waals surface area contributed by atoms with E-state index in [0.717, 1.165) is 30.2 Å². The van der Waals surface area contributed by atoms with E-state index in [4.69, 9.17) is 5.26 Å². The van der Waals surface area contributed by atoms with Crippen LogP contribution < -0.4 is 5.32 Å². The van der Waals surface area contributed by atoms with E-state index in [1.807, 2.05) is 30.3 Å². The van der Waals surface area contributed by atoms with Crippen LogP contribution in [0.5, 0.6) is 0 Å². The number of benzene rings is 3. The molecular weight excluding hydrogens is 410 g/mol. The smallest absolute Gasteiger partial charge is 0.256 e. The van der Waals surface area contributed by atoms with E-state index < -0.39 is 0 Å². The molecule has 166 valence electrons. The lowest BCUT2D eigenvalue weighted by atomic mass is 9.78. The number of likely N-dealkylation sites (tertiary alicyclic amines) is 1. The van der Waals surface area contributed by atoms with E-state index in [-0.39, 0.29) is 11.8 Å². The Morgan fingerprint density at radius 1 is 0.848 bits per heavy atom. The first-order valence-corrected chi connectivity index (χ1v) is 11.8. The first-order valence-electron chi connectivity index (χ1n) is 11.8. The zero-order valence-electron chi connectivity index (χ0n) is 18.6. The first kappa shape index (κ1) is 21.2. The first-order chi connectivity index (χ1) is 16.2. The van der Waals surface area contributed by atoms with Crippen molar-refractivity contribution in [3.05, 3.63) is 77.4 Å². The zero-order chi connectivity index (χ0) is 22.8. The van der Waals surface area contributed by atoms with Gasteiger partial charge in [-0.05, 0) is 78.8 Å². The highest BCUT2D eigenvalue weighted by Gasteiger charge is 2.36.